The molecule has 1 nitrogen and oxygen atoms in total. The Balaban J connectivity index is 0.00000106. The maximum absolute atomic E-state index is 11.8. The number of thioether (sulfide) groups is 1. The third kappa shape index (κ3) is 4.71. The van der Waals surface area contributed by atoms with E-state index in [0.29, 0.717) is 0 Å². The van der Waals surface area contributed by atoms with Crippen molar-refractivity contribution >= 4 is 33.5 Å². The summed E-state index contributed by atoms with van der Waals surface area (Å²) in [4.78, 5) is 13.0. The zero-order valence-electron chi connectivity index (χ0n) is 10.5. The number of carbonyl (C=O) groups is 1. The molecule has 1 aromatic rings. The Labute approximate surface area is 111 Å². The van der Waals surface area contributed by atoms with Gasteiger partial charge in [0.25, 0.3) is 0 Å². The molecule has 0 aliphatic heterocycles. The summed E-state index contributed by atoms with van der Waals surface area (Å²) in [5.74, 6) is 0.116. The van der Waals surface area contributed by atoms with Gasteiger partial charge in [0, 0.05) is 10.5 Å². The first-order valence-corrected chi connectivity index (χ1v) is 7.34. The lowest BCUT2D eigenvalue weighted by molar-refractivity contribution is 0.0961. The fraction of sp³-hybridized carbons (Fsp3) is 0.462. The van der Waals surface area contributed by atoms with E-state index in [9.17, 15) is 4.79 Å². The summed E-state index contributed by atoms with van der Waals surface area (Å²) < 4.78 is -0.478. The van der Waals surface area contributed by atoms with Gasteiger partial charge in [-0.05, 0) is 32.2 Å². The molecule has 0 aliphatic carbocycles. The fourth-order valence-corrected chi connectivity index (χ4v) is 1.72. The van der Waals surface area contributed by atoms with E-state index in [1.165, 1.54) is 4.90 Å². The first-order valence-electron chi connectivity index (χ1n) is 5.33. The van der Waals surface area contributed by atoms with Gasteiger partial charge >= 0.3 is 0 Å². The van der Waals surface area contributed by atoms with Gasteiger partial charge in [-0.1, -0.05) is 41.9 Å². The minimum Gasteiger partial charge on any atom is -0.293 e. The molecule has 1 rings (SSSR count). The molecule has 0 aromatic heterocycles. The standard InChI is InChI=1S/C11H13BrOS.C2H6/c1-11(2,12)10(13)8-4-6-9(14-3)7-5-8;1-2/h4-7H,1-3H3;1-2H3. The van der Waals surface area contributed by atoms with E-state index in [1.807, 2.05) is 58.2 Å². The average molecular weight is 303 g/mol. The highest BCUT2D eigenvalue weighted by Crippen LogP contribution is 2.23. The molecule has 0 saturated heterocycles. The van der Waals surface area contributed by atoms with Crippen molar-refractivity contribution in [2.45, 2.75) is 36.9 Å². The Morgan fingerprint density at radius 2 is 1.62 bits per heavy atom. The van der Waals surface area contributed by atoms with Gasteiger partial charge in [0.05, 0.1) is 4.32 Å². The monoisotopic (exact) mass is 302 g/mol. The van der Waals surface area contributed by atoms with Crippen molar-refractivity contribution in [2.24, 2.45) is 0 Å². The Hall–Kier alpha value is -0.280. The highest BCUT2D eigenvalue weighted by atomic mass is 79.9. The van der Waals surface area contributed by atoms with Crippen LogP contribution in [0.1, 0.15) is 38.1 Å². The van der Waals surface area contributed by atoms with Crippen molar-refractivity contribution in [3.8, 4) is 0 Å². The first-order chi connectivity index (χ1) is 7.45. The SMILES string of the molecule is CC.CSc1ccc(C(=O)C(C)(C)Br)cc1. The molecule has 0 saturated carbocycles. The van der Waals surface area contributed by atoms with Gasteiger partial charge < -0.3 is 0 Å². The number of rotatable bonds is 3. The molecule has 0 heterocycles. The van der Waals surface area contributed by atoms with Crippen LogP contribution in [0.15, 0.2) is 29.2 Å². The highest BCUT2D eigenvalue weighted by molar-refractivity contribution is 9.10. The van der Waals surface area contributed by atoms with E-state index in [2.05, 4.69) is 15.9 Å². The molecule has 3 heteroatoms. The Morgan fingerprint density at radius 1 is 1.19 bits per heavy atom. The van der Waals surface area contributed by atoms with E-state index in [0.717, 1.165) is 5.56 Å². The summed E-state index contributed by atoms with van der Waals surface area (Å²) in [5.41, 5.74) is 0.754. The van der Waals surface area contributed by atoms with Gasteiger partial charge in [0.15, 0.2) is 5.78 Å². The lowest BCUT2D eigenvalue weighted by Crippen LogP contribution is -2.23. The van der Waals surface area contributed by atoms with Crippen molar-refractivity contribution in [1.29, 1.82) is 0 Å². The van der Waals surface area contributed by atoms with Crippen LogP contribution in [-0.4, -0.2) is 16.4 Å². The molecule has 0 aliphatic rings. The molecule has 0 atom stereocenters. The zero-order valence-corrected chi connectivity index (χ0v) is 12.9. The second-order valence-corrected chi connectivity index (χ2v) is 6.39. The first kappa shape index (κ1) is 15.7. The molecular weight excluding hydrogens is 284 g/mol. The van der Waals surface area contributed by atoms with E-state index < -0.39 is 4.32 Å². The number of halogens is 1. The molecule has 0 amide bonds. The van der Waals surface area contributed by atoms with Gasteiger partial charge in [-0.2, -0.15) is 0 Å². The molecule has 0 fully saturated rings. The van der Waals surface area contributed by atoms with Crippen molar-refractivity contribution in [3.63, 3.8) is 0 Å². The average Bonchev–Trinajstić information content (AvgIpc) is 2.30. The van der Waals surface area contributed by atoms with Gasteiger partial charge in [0.2, 0.25) is 0 Å². The van der Waals surface area contributed by atoms with Crippen molar-refractivity contribution in [1.82, 2.24) is 0 Å². The Morgan fingerprint density at radius 3 is 1.94 bits per heavy atom. The molecular formula is C13H19BrOS. The van der Waals surface area contributed by atoms with Crippen LogP contribution >= 0.6 is 27.7 Å². The predicted molar refractivity (Wildman–Crippen MR) is 76.9 cm³/mol. The Kier molecular flexibility index (Phi) is 7.00. The number of hydrogen-bond acceptors (Lipinski definition) is 2. The fourth-order valence-electron chi connectivity index (χ4n) is 1.09. The largest absolute Gasteiger partial charge is 0.293 e. The van der Waals surface area contributed by atoms with Crippen LogP contribution in [0.4, 0.5) is 0 Å². The summed E-state index contributed by atoms with van der Waals surface area (Å²) in [6.45, 7) is 7.72. The van der Waals surface area contributed by atoms with Gasteiger partial charge in [-0.15, -0.1) is 11.8 Å². The molecule has 16 heavy (non-hydrogen) atoms. The number of benzene rings is 1. The quantitative estimate of drug-likeness (QED) is 0.453. The van der Waals surface area contributed by atoms with E-state index in [1.54, 1.807) is 11.8 Å². The minimum absolute atomic E-state index is 0.116. The van der Waals surface area contributed by atoms with Crippen LogP contribution < -0.4 is 0 Å². The number of Topliss-reactive ketones (excluding diaryl/α,β-unsaturated/α-hetero) is 1. The van der Waals surface area contributed by atoms with Crippen LogP contribution in [0.3, 0.4) is 0 Å². The van der Waals surface area contributed by atoms with Gasteiger partial charge in [-0.25, -0.2) is 0 Å². The molecule has 0 spiro atoms. The maximum atomic E-state index is 11.8. The van der Waals surface area contributed by atoms with Gasteiger partial charge in [0.1, 0.15) is 0 Å². The van der Waals surface area contributed by atoms with Crippen LogP contribution in [0.25, 0.3) is 0 Å². The van der Waals surface area contributed by atoms with Crippen LogP contribution in [0.5, 0.6) is 0 Å². The summed E-state index contributed by atoms with van der Waals surface area (Å²) in [6.07, 6.45) is 2.02. The summed E-state index contributed by atoms with van der Waals surface area (Å²) in [7, 11) is 0. The molecule has 0 radical (unpaired) electrons. The normalized spacial score (nSPS) is 10.4. The predicted octanol–water partition coefficient (Wildman–Crippen LogP) is 4.79. The summed E-state index contributed by atoms with van der Waals surface area (Å²) in [6, 6.07) is 7.68. The molecule has 1 aromatic carbocycles. The lowest BCUT2D eigenvalue weighted by atomic mass is 10.0. The molecule has 0 N–H and O–H groups in total. The zero-order chi connectivity index (χ0) is 12.8. The topological polar surface area (TPSA) is 17.1 Å². The Bertz CT molecular complexity index is 325. The summed E-state index contributed by atoms with van der Waals surface area (Å²) >= 11 is 5.04. The summed E-state index contributed by atoms with van der Waals surface area (Å²) in [5, 5.41) is 0. The van der Waals surface area contributed by atoms with E-state index in [-0.39, 0.29) is 5.78 Å². The van der Waals surface area contributed by atoms with Crippen LogP contribution in [0, 0.1) is 0 Å². The van der Waals surface area contributed by atoms with E-state index in [4.69, 9.17) is 0 Å². The number of carbonyl (C=O) groups excluding carboxylic acids is 1. The van der Waals surface area contributed by atoms with Crippen LogP contribution in [0.2, 0.25) is 0 Å². The maximum Gasteiger partial charge on any atom is 0.178 e. The number of ketones is 1. The smallest absolute Gasteiger partial charge is 0.178 e. The third-order valence-corrected chi connectivity index (χ3v) is 3.00. The van der Waals surface area contributed by atoms with Crippen molar-refractivity contribution in [2.75, 3.05) is 6.26 Å². The highest BCUT2D eigenvalue weighted by Gasteiger charge is 2.24. The lowest BCUT2D eigenvalue weighted by Gasteiger charge is -2.14. The second kappa shape index (κ2) is 7.13. The van der Waals surface area contributed by atoms with E-state index >= 15 is 0 Å². The molecule has 90 valence electrons. The number of alkyl halides is 1. The van der Waals surface area contributed by atoms with Crippen molar-refractivity contribution < 1.29 is 4.79 Å². The third-order valence-electron chi connectivity index (χ3n) is 1.89. The molecule has 0 unspecified atom stereocenters. The van der Waals surface area contributed by atoms with Crippen molar-refractivity contribution in [3.05, 3.63) is 29.8 Å². The second-order valence-electron chi connectivity index (χ2n) is 3.53. The number of hydrogen-bond donors (Lipinski definition) is 0. The molecule has 0 bridgehead atoms. The minimum atomic E-state index is -0.478. The van der Waals surface area contributed by atoms with Crippen LogP contribution in [-0.2, 0) is 0 Å². The van der Waals surface area contributed by atoms with Gasteiger partial charge in [-0.3, -0.25) is 4.79 Å².